The van der Waals surface area contributed by atoms with Gasteiger partial charge < -0.3 is 14.9 Å². The molecule has 18 heavy (non-hydrogen) atoms. The maximum absolute atomic E-state index is 12.2. The fraction of sp³-hybridized carbons (Fsp3) is 0.385. The molecule has 0 saturated carbocycles. The fourth-order valence-electron chi connectivity index (χ4n) is 2.42. The number of para-hydroxylation sites is 1. The first-order valence-corrected chi connectivity index (χ1v) is 5.75. The fourth-order valence-corrected chi connectivity index (χ4v) is 2.42. The van der Waals surface area contributed by atoms with E-state index in [-0.39, 0.29) is 12.3 Å². The number of anilines is 2. The SMILES string of the molecule is Cc1cccc2c1N(C)C(=O)C(CC(=O)O)N2C. The van der Waals surface area contributed by atoms with Crippen LogP contribution in [0.2, 0.25) is 0 Å². The van der Waals surface area contributed by atoms with Crippen molar-refractivity contribution in [3.05, 3.63) is 23.8 Å². The standard InChI is InChI=1S/C13H16N2O3/c1-8-5-4-6-9-12(8)15(3)13(18)10(14(9)2)7-11(16)17/h4-6,10H,7H2,1-3H3,(H,16,17). The lowest BCUT2D eigenvalue weighted by atomic mass is 10.0. The lowest BCUT2D eigenvalue weighted by Gasteiger charge is -2.39. The van der Waals surface area contributed by atoms with Crippen LogP contribution in [0.4, 0.5) is 11.4 Å². The Morgan fingerprint density at radius 3 is 2.67 bits per heavy atom. The van der Waals surface area contributed by atoms with Gasteiger partial charge in [0.05, 0.1) is 17.8 Å². The maximum Gasteiger partial charge on any atom is 0.305 e. The number of likely N-dealkylation sites (N-methyl/N-ethyl adjacent to an activating group) is 2. The molecule has 1 aliphatic rings. The smallest absolute Gasteiger partial charge is 0.305 e. The number of aryl methyl sites for hydroxylation is 1. The Hall–Kier alpha value is -2.04. The number of carboxylic acids is 1. The molecule has 96 valence electrons. The van der Waals surface area contributed by atoms with Crippen molar-refractivity contribution in [2.45, 2.75) is 19.4 Å². The third-order valence-electron chi connectivity index (χ3n) is 3.38. The second-order valence-electron chi connectivity index (χ2n) is 4.56. The molecule has 0 aliphatic carbocycles. The third kappa shape index (κ3) is 1.81. The average Bonchev–Trinajstić information content (AvgIpc) is 2.31. The lowest BCUT2D eigenvalue weighted by molar-refractivity contribution is -0.139. The van der Waals surface area contributed by atoms with Crippen LogP contribution in [0.25, 0.3) is 0 Å². The highest BCUT2D eigenvalue weighted by Crippen LogP contribution is 2.37. The van der Waals surface area contributed by atoms with Gasteiger partial charge in [0.2, 0.25) is 5.91 Å². The molecule has 1 amide bonds. The van der Waals surface area contributed by atoms with Crippen LogP contribution in [-0.4, -0.2) is 37.1 Å². The van der Waals surface area contributed by atoms with Crippen molar-refractivity contribution >= 4 is 23.3 Å². The Balaban J connectivity index is 2.50. The van der Waals surface area contributed by atoms with E-state index in [1.807, 2.05) is 25.1 Å². The number of carbonyl (C=O) groups is 2. The second kappa shape index (κ2) is 4.33. The van der Waals surface area contributed by atoms with E-state index >= 15 is 0 Å². The van der Waals surface area contributed by atoms with E-state index in [4.69, 9.17) is 5.11 Å². The molecular formula is C13H16N2O3. The second-order valence-corrected chi connectivity index (χ2v) is 4.56. The summed E-state index contributed by atoms with van der Waals surface area (Å²) in [4.78, 5) is 26.4. The summed E-state index contributed by atoms with van der Waals surface area (Å²) in [6.45, 7) is 1.94. The van der Waals surface area contributed by atoms with E-state index in [0.29, 0.717) is 0 Å². The quantitative estimate of drug-likeness (QED) is 0.855. The van der Waals surface area contributed by atoms with Crippen molar-refractivity contribution in [1.29, 1.82) is 0 Å². The Morgan fingerprint density at radius 1 is 1.39 bits per heavy atom. The third-order valence-corrected chi connectivity index (χ3v) is 3.38. The van der Waals surface area contributed by atoms with Gasteiger partial charge in [-0.15, -0.1) is 0 Å². The summed E-state index contributed by atoms with van der Waals surface area (Å²) >= 11 is 0. The molecule has 0 fully saturated rings. The first kappa shape index (κ1) is 12.4. The number of carbonyl (C=O) groups excluding carboxylic acids is 1. The minimum absolute atomic E-state index is 0.179. The molecule has 2 rings (SSSR count). The zero-order valence-corrected chi connectivity index (χ0v) is 10.7. The molecule has 0 bridgehead atoms. The van der Waals surface area contributed by atoms with E-state index in [1.54, 1.807) is 23.9 Å². The van der Waals surface area contributed by atoms with Gasteiger partial charge in [0.1, 0.15) is 6.04 Å². The summed E-state index contributed by atoms with van der Waals surface area (Å²) in [5.74, 6) is -1.15. The Bertz CT molecular complexity index is 513. The summed E-state index contributed by atoms with van der Waals surface area (Å²) in [5.41, 5.74) is 2.75. The predicted molar refractivity (Wildman–Crippen MR) is 69.0 cm³/mol. The number of rotatable bonds is 2. The molecule has 1 unspecified atom stereocenters. The van der Waals surface area contributed by atoms with Gasteiger partial charge in [-0.05, 0) is 18.6 Å². The molecule has 1 aromatic rings. The summed E-state index contributed by atoms with van der Waals surface area (Å²) < 4.78 is 0. The molecule has 0 saturated heterocycles. The van der Waals surface area contributed by atoms with E-state index in [0.717, 1.165) is 16.9 Å². The Labute approximate surface area is 106 Å². The molecule has 1 atom stereocenters. The highest BCUT2D eigenvalue weighted by molar-refractivity contribution is 6.07. The number of benzene rings is 1. The highest BCUT2D eigenvalue weighted by atomic mass is 16.4. The van der Waals surface area contributed by atoms with Gasteiger partial charge in [0, 0.05) is 14.1 Å². The van der Waals surface area contributed by atoms with Gasteiger partial charge >= 0.3 is 5.97 Å². The number of nitrogens with zero attached hydrogens (tertiary/aromatic N) is 2. The summed E-state index contributed by atoms with van der Waals surface area (Å²) in [5, 5.41) is 8.89. The molecule has 1 N–H and O–H groups in total. The molecule has 0 radical (unpaired) electrons. The molecule has 0 spiro atoms. The largest absolute Gasteiger partial charge is 0.481 e. The molecular weight excluding hydrogens is 232 g/mol. The first-order chi connectivity index (χ1) is 8.43. The molecule has 5 nitrogen and oxygen atoms in total. The number of fused-ring (bicyclic) bond motifs is 1. The number of carboxylic acid groups (broad SMARTS) is 1. The van der Waals surface area contributed by atoms with Gasteiger partial charge in [-0.3, -0.25) is 9.59 Å². The normalized spacial score (nSPS) is 18.8. The number of amides is 1. The van der Waals surface area contributed by atoms with Crippen molar-refractivity contribution in [3.8, 4) is 0 Å². The van der Waals surface area contributed by atoms with Crippen LogP contribution >= 0.6 is 0 Å². The van der Waals surface area contributed by atoms with E-state index < -0.39 is 12.0 Å². The van der Waals surface area contributed by atoms with Crippen molar-refractivity contribution in [1.82, 2.24) is 0 Å². The summed E-state index contributed by atoms with van der Waals surface area (Å²) in [7, 11) is 3.45. The van der Waals surface area contributed by atoms with Crippen molar-refractivity contribution in [3.63, 3.8) is 0 Å². The summed E-state index contributed by atoms with van der Waals surface area (Å²) in [6.07, 6.45) is -0.187. The van der Waals surface area contributed by atoms with Crippen LogP contribution in [-0.2, 0) is 9.59 Å². The predicted octanol–water partition coefficient (Wildman–Crippen LogP) is 1.25. The highest BCUT2D eigenvalue weighted by Gasteiger charge is 2.36. The van der Waals surface area contributed by atoms with Gasteiger partial charge in [-0.1, -0.05) is 12.1 Å². The average molecular weight is 248 g/mol. The Kier molecular flexibility index (Phi) is 2.98. The molecule has 1 aromatic carbocycles. The van der Waals surface area contributed by atoms with Crippen LogP contribution in [0.15, 0.2) is 18.2 Å². The number of hydrogen-bond donors (Lipinski definition) is 1. The van der Waals surface area contributed by atoms with Crippen LogP contribution in [0.3, 0.4) is 0 Å². The lowest BCUT2D eigenvalue weighted by Crippen LogP contribution is -2.51. The van der Waals surface area contributed by atoms with Gasteiger partial charge in [-0.2, -0.15) is 0 Å². The van der Waals surface area contributed by atoms with Crippen molar-refractivity contribution in [2.24, 2.45) is 0 Å². The monoisotopic (exact) mass is 248 g/mol. The minimum Gasteiger partial charge on any atom is -0.481 e. The molecule has 0 aromatic heterocycles. The maximum atomic E-state index is 12.2. The molecule has 1 heterocycles. The summed E-state index contributed by atoms with van der Waals surface area (Å²) in [6, 6.07) is 5.11. The zero-order chi connectivity index (χ0) is 13.4. The number of hydrogen-bond acceptors (Lipinski definition) is 3. The number of aliphatic carboxylic acids is 1. The topological polar surface area (TPSA) is 60.9 Å². The van der Waals surface area contributed by atoms with Crippen LogP contribution in [0.1, 0.15) is 12.0 Å². The van der Waals surface area contributed by atoms with E-state index in [9.17, 15) is 9.59 Å². The molecule has 1 aliphatic heterocycles. The van der Waals surface area contributed by atoms with Crippen LogP contribution < -0.4 is 9.80 Å². The molecule has 5 heteroatoms. The van der Waals surface area contributed by atoms with E-state index in [2.05, 4.69) is 0 Å². The van der Waals surface area contributed by atoms with Gasteiger partial charge in [0.15, 0.2) is 0 Å². The Morgan fingerprint density at radius 2 is 2.06 bits per heavy atom. The van der Waals surface area contributed by atoms with Crippen LogP contribution in [0.5, 0.6) is 0 Å². The minimum atomic E-state index is -0.968. The van der Waals surface area contributed by atoms with Crippen molar-refractivity contribution in [2.75, 3.05) is 23.9 Å². The van der Waals surface area contributed by atoms with Crippen LogP contribution in [0, 0.1) is 6.92 Å². The van der Waals surface area contributed by atoms with Gasteiger partial charge in [-0.25, -0.2) is 0 Å². The van der Waals surface area contributed by atoms with Crippen molar-refractivity contribution < 1.29 is 14.7 Å². The van der Waals surface area contributed by atoms with E-state index in [1.165, 1.54) is 0 Å². The first-order valence-electron chi connectivity index (χ1n) is 5.75. The zero-order valence-electron chi connectivity index (χ0n) is 10.7. The van der Waals surface area contributed by atoms with Gasteiger partial charge in [0.25, 0.3) is 0 Å².